The molecule has 0 amide bonds. The van der Waals surface area contributed by atoms with Crippen LogP contribution < -0.4 is 5.32 Å². The van der Waals surface area contributed by atoms with Crippen LogP contribution in [-0.4, -0.2) is 49.3 Å². The maximum absolute atomic E-state index is 5.41. The Labute approximate surface area is 112 Å². The van der Waals surface area contributed by atoms with Crippen molar-refractivity contribution in [3.05, 3.63) is 0 Å². The molecule has 2 rings (SSSR count). The van der Waals surface area contributed by atoms with Gasteiger partial charge in [0.05, 0.1) is 6.61 Å². The quantitative estimate of drug-likeness (QED) is 0.834. The van der Waals surface area contributed by atoms with Gasteiger partial charge in [0, 0.05) is 37.8 Å². The lowest BCUT2D eigenvalue weighted by Crippen LogP contribution is -2.66. The van der Waals surface area contributed by atoms with Gasteiger partial charge in [-0.2, -0.15) is 0 Å². The summed E-state index contributed by atoms with van der Waals surface area (Å²) in [5, 5.41) is 3.85. The predicted octanol–water partition coefficient (Wildman–Crippen LogP) is 2.41. The summed E-state index contributed by atoms with van der Waals surface area (Å²) in [6, 6.07) is 1.23. The largest absolute Gasteiger partial charge is 0.383 e. The van der Waals surface area contributed by atoms with Crippen molar-refractivity contribution < 1.29 is 4.74 Å². The van der Waals surface area contributed by atoms with E-state index in [9.17, 15) is 0 Å². The highest BCUT2D eigenvalue weighted by Gasteiger charge is 2.40. The van der Waals surface area contributed by atoms with E-state index >= 15 is 0 Å². The van der Waals surface area contributed by atoms with E-state index in [-0.39, 0.29) is 0 Å². The molecule has 0 aromatic heterocycles. The van der Waals surface area contributed by atoms with Crippen molar-refractivity contribution in [2.45, 2.75) is 70.0 Å². The molecule has 2 fully saturated rings. The molecule has 2 atom stereocenters. The van der Waals surface area contributed by atoms with Crippen LogP contribution in [0, 0.1) is 0 Å². The summed E-state index contributed by atoms with van der Waals surface area (Å²) in [5.41, 5.74) is 0.409. The van der Waals surface area contributed by atoms with Gasteiger partial charge in [-0.25, -0.2) is 0 Å². The number of ether oxygens (including phenoxy) is 1. The van der Waals surface area contributed by atoms with E-state index in [2.05, 4.69) is 24.1 Å². The van der Waals surface area contributed by atoms with Crippen molar-refractivity contribution in [3.8, 4) is 0 Å². The first-order valence-electron chi connectivity index (χ1n) is 7.70. The zero-order valence-electron chi connectivity index (χ0n) is 12.4. The van der Waals surface area contributed by atoms with Crippen molar-refractivity contribution >= 4 is 0 Å². The Morgan fingerprint density at radius 3 is 2.67 bits per heavy atom. The van der Waals surface area contributed by atoms with Gasteiger partial charge in [0.25, 0.3) is 0 Å². The van der Waals surface area contributed by atoms with E-state index in [1.807, 2.05) is 7.11 Å². The zero-order valence-corrected chi connectivity index (χ0v) is 12.4. The minimum atomic E-state index is 0.409. The molecule has 1 saturated carbocycles. The van der Waals surface area contributed by atoms with Gasteiger partial charge in [0.15, 0.2) is 0 Å². The van der Waals surface area contributed by atoms with Crippen LogP contribution in [0.2, 0.25) is 0 Å². The number of nitrogens with zero attached hydrogens (tertiary/aromatic N) is 1. The first-order valence-corrected chi connectivity index (χ1v) is 7.70. The Hall–Kier alpha value is -0.120. The maximum atomic E-state index is 5.41. The fourth-order valence-corrected chi connectivity index (χ4v) is 3.74. The second kappa shape index (κ2) is 6.36. The van der Waals surface area contributed by atoms with E-state index in [0.29, 0.717) is 17.6 Å². The third kappa shape index (κ3) is 3.06. The molecule has 18 heavy (non-hydrogen) atoms. The van der Waals surface area contributed by atoms with E-state index in [0.717, 1.165) is 13.2 Å². The zero-order chi connectivity index (χ0) is 13.0. The topological polar surface area (TPSA) is 24.5 Å². The van der Waals surface area contributed by atoms with Crippen LogP contribution in [0.1, 0.15) is 52.4 Å². The fraction of sp³-hybridized carbons (Fsp3) is 1.00. The molecule has 1 saturated heterocycles. The second-order valence-corrected chi connectivity index (χ2v) is 6.26. The Balaban J connectivity index is 2.03. The predicted molar refractivity (Wildman–Crippen MR) is 75.9 cm³/mol. The van der Waals surface area contributed by atoms with Gasteiger partial charge in [-0.05, 0) is 26.2 Å². The lowest BCUT2D eigenvalue weighted by atomic mass is 9.79. The number of nitrogens with one attached hydrogen (secondary N) is 1. The molecule has 0 bridgehead atoms. The molecular weight excluding hydrogens is 224 g/mol. The lowest BCUT2D eigenvalue weighted by molar-refractivity contribution is 0.000989. The fourth-order valence-electron chi connectivity index (χ4n) is 3.74. The third-order valence-electron chi connectivity index (χ3n) is 4.93. The standard InChI is InChI=1S/C15H30N2O/c1-4-14(11-18-3)17-12-15(16-10-13(17)2)8-6-5-7-9-15/h13-14,16H,4-12H2,1-3H3. The Morgan fingerprint density at radius 2 is 2.06 bits per heavy atom. The number of hydrogen-bond acceptors (Lipinski definition) is 3. The van der Waals surface area contributed by atoms with Crippen molar-refractivity contribution in [1.29, 1.82) is 0 Å². The van der Waals surface area contributed by atoms with Gasteiger partial charge >= 0.3 is 0 Å². The van der Waals surface area contributed by atoms with Crippen LogP contribution in [-0.2, 0) is 4.74 Å². The summed E-state index contributed by atoms with van der Waals surface area (Å²) in [5.74, 6) is 0. The van der Waals surface area contributed by atoms with Gasteiger partial charge in [-0.1, -0.05) is 26.2 Å². The average molecular weight is 254 g/mol. The number of methoxy groups -OCH3 is 1. The summed E-state index contributed by atoms with van der Waals surface area (Å²) in [7, 11) is 1.83. The SMILES string of the molecule is CCC(COC)N1CC2(CCCCC2)NCC1C. The van der Waals surface area contributed by atoms with Gasteiger partial charge in [0.2, 0.25) is 0 Å². The van der Waals surface area contributed by atoms with Gasteiger partial charge in [0.1, 0.15) is 0 Å². The first-order chi connectivity index (χ1) is 8.71. The van der Waals surface area contributed by atoms with E-state index < -0.39 is 0 Å². The number of piperazine rings is 1. The summed E-state index contributed by atoms with van der Waals surface area (Å²) in [6.45, 7) is 7.86. The Bertz CT molecular complexity index is 251. The maximum Gasteiger partial charge on any atom is 0.0618 e. The van der Waals surface area contributed by atoms with E-state index in [1.165, 1.54) is 45.1 Å². The molecule has 2 aliphatic rings. The van der Waals surface area contributed by atoms with Crippen LogP contribution in [0.3, 0.4) is 0 Å². The van der Waals surface area contributed by atoms with Gasteiger partial charge in [-0.15, -0.1) is 0 Å². The highest BCUT2D eigenvalue weighted by molar-refractivity contribution is 5.00. The minimum Gasteiger partial charge on any atom is -0.383 e. The highest BCUT2D eigenvalue weighted by Crippen LogP contribution is 2.32. The highest BCUT2D eigenvalue weighted by atomic mass is 16.5. The molecule has 2 unspecified atom stereocenters. The monoisotopic (exact) mass is 254 g/mol. The van der Waals surface area contributed by atoms with E-state index in [1.54, 1.807) is 0 Å². The van der Waals surface area contributed by atoms with Crippen LogP contribution >= 0.6 is 0 Å². The van der Waals surface area contributed by atoms with Crippen molar-refractivity contribution in [2.75, 3.05) is 26.8 Å². The lowest BCUT2D eigenvalue weighted by Gasteiger charge is -2.51. The summed E-state index contributed by atoms with van der Waals surface area (Å²) < 4.78 is 5.41. The summed E-state index contributed by atoms with van der Waals surface area (Å²) in [6.07, 6.45) is 8.13. The third-order valence-corrected chi connectivity index (χ3v) is 4.93. The molecule has 3 nitrogen and oxygen atoms in total. The van der Waals surface area contributed by atoms with Crippen molar-refractivity contribution in [3.63, 3.8) is 0 Å². The molecule has 106 valence electrons. The molecule has 0 aromatic rings. The molecule has 1 aliphatic heterocycles. The van der Waals surface area contributed by atoms with Crippen LogP contribution in [0.25, 0.3) is 0 Å². The van der Waals surface area contributed by atoms with Crippen LogP contribution in [0.5, 0.6) is 0 Å². The van der Waals surface area contributed by atoms with Crippen LogP contribution in [0.4, 0.5) is 0 Å². The van der Waals surface area contributed by atoms with Crippen molar-refractivity contribution in [1.82, 2.24) is 10.2 Å². The normalized spacial score (nSPS) is 30.5. The van der Waals surface area contributed by atoms with Gasteiger partial charge < -0.3 is 10.1 Å². The molecule has 1 N–H and O–H groups in total. The molecule has 3 heteroatoms. The molecule has 0 aromatic carbocycles. The summed E-state index contributed by atoms with van der Waals surface area (Å²) >= 11 is 0. The number of hydrogen-bond donors (Lipinski definition) is 1. The Morgan fingerprint density at radius 1 is 1.33 bits per heavy atom. The molecule has 1 heterocycles. The molecule has 1 spiro atoms. The van der Waals surface area contributed by atoms with Crippen molar-refractivity contribution in [2.24, 2.45) is 0 Å². The van der Waals surface area contributed by atoms with Crippen LogP contribution in [0.15, 0.2) is 0 Å². The average Bonchev–Trinajstić information content (AvgIpc) is 2.40. The number of rotatable bonds is 4. The minimum absolute atomic E-state index is 0.409. The smallest absolute Gasteiger partial charge is 0.0618 e. The molecule has 0 radical (unpaired) electrons. The molecular formula is C15H30N2O. The van der Waals surface area contributed by atoms with E-state index in [4.69, 9.17) is 4.74 Å². The molecule has 1 aliphatic carbocycles. The summed E-state index contributed by atoms with van der Waals surface area (Å²) in [4.78, 5) is 2.70. The van der Waals surface area contributed by atoms with Gasteiger partial charge in [-0.3, -0.25) is 4.90 Å². The second-order valence-electron chi connectivity index (χ2n) is 6.26. The Kier molecular flexibility index (Phi) is 5.05. The first kappa shape index (κ1) is 14.3.